The normalized spacial score (nSPS) is 18.5. The van der Waals surface area contributed by atoms with Gasteiger partial charge in [-0.25, -0.2) is 0 Å². The van der Waals surface area contributed by atoms with E-state index in [1.54, 1.807) is 6.07 Å². The van der Waals surface area contributed by atoms with E-state index in [9.17, 15) is 0 Å². The Labute approximate surface area is 128 Å². The highest BCUT2D eigenvalue weighted by Gasteiger charge is 2.28. The van der Waals surface area contributed by atoms with E-state index in [4.69, 9.17) is 33.7 Å². The number of fused-ring (bicyclic) bond motifs is 1. The van der Waals surface area contributed by atoms with Crippen LogP contribution in [0.15, 0.2) is 36.4 Å². The first-order valence-corrected chi connectivity index (χ1v) is 7.31. The topological polar surface area (TPSA) is 35.2 Å². The molecule has 3 rings (SSSR count). The Morgan fingerprint density at radius 3 is 2.70 bits per heavy atom. The smallest absolute Gasteiger partial charge is 0.131 e. The molecule has 2 aromatic carbocycles. The third kappa shape index (κ3) is 2.39. The van der Waals surface area contributed by atoms with E-state index < -0.39 is 0 Å². The minimum Gasteiger partial charge on any atom is -0.488 e. The fourth-order valence-corrected chi connectivity index (χ4v) is 3.02. The summed E-state index contributed by atoms with van der Waals surface area (Å²) in [7, 11) is 0. The highest BCUT2D eigenvalue weighted by atomic mass is 35.5. The van der Waals surface area contributed by atoms with Crippen LogP contribution in [-0.4, -0.2) is 12.1 Å². The summed E-state index contributed by atoms with van der Waals surface area (Å²) < 4.78 is 6.02. The van der Waals surface area contributed by atoms with Crippen LogP contribution in [0.5, 0.6) is 5.75 Å². The Hall–Kier alpha value is -1.22. The van der Waals surface area contributed by atoms with Gasteiger partial charge in [-0.15, -0.1) is 0 Å². The number of halogens is 2. The van der Waals surface area contributed by atoms with Crippen molar-refractivity contribution in [1.82, 2.24) is 0 Å². The van der Waals surface area contributed by atoms with E-state index in [0.29, 0.717) is 10.0 Å². The summed E-state index contributed by atoms with van der Waals surface area (Å²) in [5, 5.41) is 1.25. The van der Waals surface area contributed by atoms with E-state index in [1.807, 2.05) is 31.2 Å². The third-order valence-electron chi connectivity index (χ3n) is 3.59. The molecule has 2 nitrogen and oxygen atoms in total. The lowest BCUT2D eigenvalue weighted by molar-refractivity contribution is 0.207. The monoisotopic (exact) mass is 307 g/mol. The van der Waals surface area contributed by atoms with Crippen LogP contribution in [0.25, 0.3) is 11.1 Å². The van der Waals surface area contributed by atoms with Crippen molar-refractivity contribution in [1.29, 1.82) is 0 Å². The van der Waals surface area contributed by atoms with Crippen LogP contribution < -0.4 is 10.5 Å². The minimum atomic E-state index is -0.00376. The van der Waals surface area contributed by atoms with Crippen LogP contribution in [0.4, 0.5) is 0 Å². The molecule has 0 saturated carbocycles. The second-order valence-corrected chi connectivity index (χ2v) is 5.98. The van der Waals surface area contributed by atoms with E-state index >= 15 is 0 Å². The van der Waals surface area contributed by atoms with E-state index in [0.717, 1.165) is 23.3 Å². The van der Waals surface area contributed by atoms with Crippen molar-refractivity contribution in [3.05, 3.63) is 52.0 Å². The van der Waals surface area contributed by atoms with Gasteiger partial charge >= 0.3 is 0 Å². The van der Waals surface area contributed by atoms with Gasteiger partial charge in [0.05, 0.1) is 5.02 Å². The molecule has 2 atom stereocenters. The first-order valence-electron chi connectivity index (χ1n) is 6.56. The maximum Gasteiger partial charge on any atom is 0.131 e. The predicted molar refractivity (Wildman–Crippen MR) is 83.7 cm³/mol. The lowest BCUT2D eigenvalue weighted by Gasteiger charge is -2.16. The average Bonchev–Trinajstić information content (AvgIpc) is 2.83. The summed E-state index contributed by atoms with van der Waals surface area (Å²) in [5.74, 6) is 0.888. The SMILES string of the molecule is CC(N)C1Cc2cccc(-c3ccc(Cl)cc3Cl)c2O1. The summed E-state index contributed by atoms with van der Waals surface area (Å²) in [5.41, 5.74) is 9.05. The fourth-order valence-electron chi connectivity index (χ4n) is 2.51. The molecule has 0 aliphatic carbocycles. The fraction of sp³-hybridized carbons (Fsp3) is 0.250. The molecule has 20 heavy (non-hydrogen) atoms. The van der Waals surface area contributed by atoms with Gasteiger partial charge < -0.3 is 10.5 Å². The molecular weight excluding hydrogens is 293 g/mol. The lowest BCUT2D eigenvalue weighted by atomic mass is 10.00. The van der Waals surface area contributed by atoms with Gasteiger partial charge in [0.25, 0.3) is 0 Å². The molecule has 2 aromatic rings. The van der Waals surface area contributed by atoms with Gasteiger partial charge in [0, 0.05) is 28.6 Å². The molecule has 1 aliphatic rings. The summed E-state index contributed by atoms with van der Waals surface area (Å²) in [6, 6.07) is 11.6. The molecule has 0 aromatic heterocycles. The van der Waals surface area contributed by atoms with Crippen molar-refractivity contribution in [3.63, 3.8) is 0 Å². The average molecular weight is 308 g/mol. The molecule has 0 spiro atoms. The summed E-state index contributed by atoms with van der Waals surface area (Å²) in [6.45, 7) is 1.96. The maximum atomic E-state index is 6.30. The van der Waals surface area contributed by atoms with Crippen LogP contribution in [0.2, 0.25) is 10.0 Å². The molecule has 0 radical (unpaired) electrons. The predicted octanol–water partition coefficient (Wildman–Crippen LogP) is 4.31. The highest BCUT2D eigenvalue weighted by Crippen LogP contribution is 2.42. The largest absolute Gasteiger partial charge is 0.488 e. The van der Waals surface area contributed by atoms with Crippen LogP contribution in [0, 0.1) is 0 Å². The Balaban J connectivity index is 2.07. The molecule has 0 amide bonds. The van der Waals surface area contributed by atoms with Gasteiger partial charge in [-0.05, 0) is 24.6 Å². The highest BCUT2D eigenvalue weighted by molar-refractivity contribution is 6.36. The zero-order valence-corrected chi connectivity index (χ0v) is 12.6. The molecule has 0 saturated heterocycles. The standard InChI is InChI=1S/C16H15Cl2NO/c1-9(19)15-7-10-3-2-4-13(16(10)20-15)12-6-5-11(17)8-14(12)18/h2-6,8-9,15H,7,19H2,1H3. The van der Waals surface area contributed by atoms with Gasteiger partial charge in [-0.1, -0.05) is 47.5 Å². The first-order chi connectivity index (χ1) is 9.56. The minimum absolute atomic E-state index is 0.00376. The quantitative estimate of drug-likeness (QED) is 0.897. The molecule has 2 N–H and O–H groups in total. The zero-order chi connectivity index (χ0) is 14.3. The van der Waals surface area contributed by atoms with Gasteiger partial charge in [-0.3, -0.25) is 0 Å². The molecule has 104 valence electrons. The number of para-hydroxylation sites is 1. The maximum absolute atomic E-state index is 6.30. The first kappa shape index (κ1) is 13.7. The second-order valence-electron chi connectivity index (χ2n) is 5.14. The van der Waals surface area contributed by atoms with Crippen molar-refractivity contribution in [2.45, 2.75) is 25.5 Å². The molecule has 4 heteroatoms. The van der Waals surface area contributed by atoms with E-state index in [1.165, 1.54) is 5.56 Å². The van der Waals surface area contributed by atoms with Crippen molar-refractivity contribution in [3.8, 4) is 16.9 Å². The number of hydrogen-bond donors (Lipinski definition) is 1. The van der Waals surface area contributed by atoms with Gasteiger partial charge in [0.2, 0.25) is 0 Å². The molecule has 0 fully saturated rings. The Bertz CT molecular complexity index is 655. The van der Waals surface area contributed by atoms with Crippen molar-refractivity contribution >= 4 is 23.2 Å². The van der Waals surface area contributed by atoms with Gasteiger partial charge in [-0.2, -0.15) is 0 Å². The molecule has 0 bridgehead atoms. The number of rotatable bonds is 2. The Morgan fingerprint density at radius 2 is 2.00 bits per heavy atom. The van der Waals surface area contributed by atoms with Crippen molar-refractivity contribution < 1.29 is 4.74 Å². The van der Waals surface area contributed by atoms with Crippen LogP contribution in [-0.2, 0) is 6.42 Å². The van der Waals surface area contributed by atoms with Crippen LogP contribution >= 0.6 is 23.2 Å². The summed E-state index contributed by atoms with van der Waals surface area (Å²) in [4.78, 5) is 0. The number of hydrogen-bond acceptors (Lipinski definition) is 2. The van der Waals surface area contributed by atoms with E-state index in [-0.39, 0.29) is 12.1 Å². The number of nitrogens with two attached hydrogens (primary N) is 1. The summed E-state index contributed by atoms with van der Waals surface area (Å²) >= 11 is 12.3. The Morgan fingerprint density at radius 1 is 1.20 bits per heavy atom. The van der Waals surface area contributed by atoms with E-state index in [2.05, 4.69) is 6.07 Å². The second kappa shape index (κ2) is 5.28. The summed E-state index contributed by atoms with van der Waals surface area (Å²) in [6.07, 6.45) is 0.865. The molecule has 1 heterocycles. The van der Waals surface area contributed by atoms with Crippen molar-refractivity contribution in [2.24, 2.45) is 5.73 Å². The Kier molecular flexibility index (Phi) is 3.63. The molecule has 1 aliphatic heterocycles. The molecule has 2 unspecified atom stereocenters. The van der Waals surface area contributed by atoms with Crippen molar-refractivity contribution in [2.75, 3.05) is 0 Å². The lowest BCUT2D eigenvalue weighted by Crippen LogP contribution is -2.34. The van der Waals surface area contributed by atoms with Gasteiger partial charge in [0.15, 0.2) is 0 Å². The third-order valence-corrected chi connectivity index (χ3v) is 4.14. The number of ether oxygens (including phenoxy) is 1. The zero-order valence-electron chi connectivity index (χ0n) is 11.1. The van der Waals surface area contributed by atoms with Crippen LogP contribution in [0.3, 0.4) is 0 Å². The number of benzene rings is 2. The molecular formula is C16H15Cl2NO. The van der Waals surface area contributed by atoms with Gasteiger partial charge in [0.1, 0.15) is 11.9 Å². The van der Waals surface area contributed by atoms with Crippen LogP contribution in [0.1, 0.15) is 12.5 Å².